The van der Waals surface area contributed by atoms with Gasteiger partial charge in [-0.3, -0.25) is 14.5 Å². The molecular formula is C45H55FN8O6Si. The number of benzene rings is 3. The Bertz CT molecular complexity index is 2600. The quantitative estimate of drug-likeness (QED) is 0.0793. The van der Waals surface area contributed by atoms with Crippen molar-refractivity contribution in [2.45, 2.75) is 83.6 Å². The number of rotatable bonds is 12. The van der Waals surface area contributed by atoms with Crippen LogP contribution in [0.3, 0.4) is 0 Å². The molecule has 0 bridgehead atoms. The highest BCUT2D eigenvalue weighted by molar-refractivity contribution is 6.78. The Labute approximate surface area is 354 Å². The maximum absolute atomic E-state index is 14.9. The lowest BCUT2D eigenvalue weighted by molar-refractivity contribution is -0.135. The van der Waals surface area contributed by atoms with Crippen LogP contribution in [-0.4, -0.2) is 112 Å². The minimum absolute atomic E-state index is 0.0905. The summed E-state index contributed by atoms with van der Waals surface area (Å²) in [7, 11) is -0.483. The zero-order valence-corrected chi connectivity index (χ0v) is 36.7. The largest absolute Gasteiger partial charge is 0.456 e. The van der Waals surface area contributed by atoms with Crippen molar-refractivity contribution in [1.82, 2.24) is 40.4 Å². The van der Waals surface area contributed by atoms with E-state index < -0.39 is 38.9 Å². The van der Waals surface area contributed by atoms with E-state index in [-0.39, 0.29) is 42.4 Å². The summed E-state index contributed by atoms with van der Waals surface area (Å²) < 4.78 is 26.1. The van der Waals surface area contributed by atoms with Gasteiger partial charge in [0.25, 0.3) is 0 Å². The van der Waals surface area contributed by atoms with Crippen molar-refractivity contribution < 1.29 is 33.0 Å². The Morgan fingerprint density at radius 1 is 0.967 bits per heavy atom. The SMILES string of the molecule is COC(=O)N[C@H](C(=O)N1C[Si](C)(C)C[C@H]1c1ncc(-c2ccc3oc(-c4ccc5c(ccc6nc([C@@H]7C[C@@H](F)CN7C[C@@H](NC(=O)CO)C(C)C)[nH]c65)c4)cc3c2)[nH]1)C(C)C. The normalized spacial score (nSPS) is 20.3. The van der Waals surface area contributed by atoms with E-state index in [0.717, 1.165) is 67.2 Å². The first-order chi connectivity index (χ1) is 29.1. The molecule has 2 aliphatic rings. The van der Waals surface area contributed by atoms with Crippen molar-refractivity contribution in [2.75, 3.05) is 33.0 Å². The first-order valence-electron chi connectivity index (χ1n) is 21.1. The van der Waals surface area contributed by atoms with Crippen LogP contribution in [0.15, 0.2) is 65.2 Å². The molecule has 3 amide bonds. The molecule has 2 saturated heterocycles. The van der Waals surface area contributed by atoms with E-state index >= 15 is 0 Å². The van der Waals surface area contributed by atoms with Crippen LogP contribution in [0, 0.1) is 11.8 Å². The number of aliphatic hydroxyl groups is 1. The Balaban J connectivity index is 1.02. The number of furan rings is 1. The standard InChI is InChI=1S/C45H55FN8O6Si/c1-24(2)34(48-39(56)21-55)20-53-19-30(46)17-35(53)43-49-32-12-9-26-14-28(8-11-31(26)41(32)51-43)38-16-29-15-27(10-13-37(29)60-38)33-18-47-42(50-33)36-22-61(6,7)23-54(36)44(57)40(25(3)4)52-45(58)59-5/h8-16,18,24-25,30,34-36,40,55H,17,19-23H2,1-7H3,(H,47,50)(H,48,56)(H,49,51)(H,52,58)/t30-,34-,35+,36+,40+/m1/s1. The summed E-state index contributed by atoms with van der Waals surface area (Å²) in [4.78, 5) is 58.7. The number of aromatic nitrogens is 4. The molecule has 5 N–H and O–H groups in total. The van der Waals surface area contributed by atoms with Gasteiger partial charge in [-0.05, 0) is 59.7 Å². The van der Waals surface area contributed by atoms with Crippen LogP contribution in [0.5, 0.6) is 0 Å². The highest BCUT2D eigenvalue weighted by atomic mass is 28.3. The molecule has 322 valence electrons. The topological polar surface area (TPSA) is 182 Å². The van der Waals surface area contributed by atoms with E-state index in [1.807, 2.05) is 80.1 Å². The maximum atomic E-state index is 14.9. The van der Waals surface area contributed by atoms with Crippen LogP contribution in [0.1, 0.15) is 57.8 Å². The van der Waals surface area contributed by atoms with Gasteiger partial charge in [0, 0.05) is 53.6 Å². The molecular weight excluding hydrogens is 796 g/mol. The van der Waals surface area contributed by atoms with Crippen LogP contribution in [0.25, 0.3) is 55.4 Å². The number of carbonyl (C=O) groups is 3. The lowest BCUT2D eigenvalue weighted by Crippen LogP contribution is -2.52. The Morgan fingerprint density at radius 3 is 2.48 bits per heavy atom. The number of ether oxygens (including phenoxy) is 1. The third kappa shape index (κ3) is 8.53. The number of likely N-dealkylation sites (tertiary alicyclic amines) is 1. The number of hydrogen-bond donors (Lipinski definition) is 5. The molecule has 0 unspecified atom stereocenters. The molecule has 0 spiro atoms. The zero-order valence-electron chi connectivity index (χ0n) is 35.7. The van der Waals surface area contributed by atoms with Gasteiger partial charge in [-0.1, -0.05) is 59.0 Å². The van der Waals surface area contributed by atoms with E-state index in [4.69, 9.17) is 19.1 Å². The van der Waals surface area contributed by atoms with E-state index in [1.54, 1.807) is 0 Å². The van der Waals surface area contributed by atoms with Crippen LogP contribution in [-0.2, 0) is 14.3 Å². The predicted molar refractivity (Wildman–Crippen MR) is 235 cm³/mol. The Hall–Kier alpha value is -5.58. The van der Waals surface area contributed by atoms with Gasteiger partial charge in [-0.25, -0.2) is 19.2 Å². The van der Waals surface area contributed by atoms with Gasteiger partial charge in [-0.2, -0.15) is 0 Å². The third-order valence-corrected chi connectivity index (χ3v) is 15.0. The summed E-state index contributed by atoms with van der Waals surface area (Å²) in [5.74, 6) is 1.52. The van der Waals surface area contributed by atoms with Gasteiger partial charge in [-0.15, -0.1) is 0 Å². The molecule has 3 aromatic heterocycles. The predicted octanol–water partition coefficient (Wildman–Crippen LogP) is 7.25. The summed E-state index contributed by atoms with van der Waals surface area (Å²) in [5.41, 5.74) is 5.09. The van der Waals surface area contributed by atoms with Crippen molar-refractivity contribution in [3.63, 3.8) is 0 Å². The van der Waals surface area contributed by atoms with Crippen LogP contribution < -0.4 is 10.6 Å². The molecule has 0 radical (unpaired) electrons. The van der Waals surface area contributed by atoms with Crippen molar-refractivity contribution in [2.24, 2.45) is 11.8 Å². The van der Waals surface area contributed by atoms with Gasteiger partial charge in [0.1, 0.15) is 41.8 Å². The van der Waals surface area contributed by atoms with Gasteiger partial charge in [0.2, 0.25) is 11.8 Å². The molecule has 5 atom stereocenters. The Kier molecular flexibility index (Phi) is 11.5. The smallest absolute Gasteiger partial charge is 0.407 e. The number of aromatic amines is 2. The molecule has 0 aliphatic carbocycles. The van der Waals surface area contributed by atoms with E-state index in [9.17, 15) is 23.9 Å². The van der Waals surface area contributed by atoms with E-state index in [1.165, 1.54) is 7.11 Å². The second kappa shape index (κ2) is 16.7. The van der Waals surface area contributed by atoms with Gasteiger partial charge in [0.15, 0.2) is 0 Å². The minimum atomic E-state index is -1.78. The van der Waals surface area contributed by atoms with Gasteiger partial charge < -0.3 is 39.8 Å². The summed E-state index contributed by atoms with van der Waals surface area (Å²) in [6.07, 6.45) is 1.13. The summed E-state index contributed by atoms with van der Waals surface area (Å²) >= 11 is 0. The van der Waals surface area contributed by atoms with Crippen LogP contribution in [0.4, 0.5) is 9.18 Å². The van der Waals surface area contributed by atoms with Crippen LogP contribution in [0.2, 0.25) is 19.1 Å². The summed E-state index contributed by atoms with van der Waals surface area (Å²) in [5, 5.41) is 17.8. The van der Waals surface area contributed by atoms with Crippen molar-refractivity contribution in [3.8, 4) is 22.6 Å². The van der Waals surface area contributed by atoms with E-state index in [0.29, 0.717) is 25.0 Å². The highest BCUT2D eigenvalue weighted by Crippen LogP contribution is 2.40. The number of imidazole rings is 2. The Morgan fingerprint density at radius 2 is 1.74 bits per heavy atom. The average Bonchev–Trinajstić information content (AvgIpc) is 4.08. The maximum Gasteiger partial charge on any atom is 0.407 e. The highest BCUT2D eigenvalue weighted by Gasteiger charge is 2.46. The van der Waals surface area contributed by atoms with Crippen LogP contribution >= 0.6 is 0 Å². The number of nitrogens with one attached hydrogen (secondary N) is 4. The number of hydrogen-bond acceptors (Lipinski definition) is 9. The van der Waals surface area contributed by atoms with Crippen molar-refractivity contribution in [1.29, 1.82) is 0 Å². The van der Waals surface area contributed by atoms with E-state index in [2.05, 4.69) is 51.9 Å². The molecule has 6 aromatic rings. The zero-order chi connectivity index (χ0) is 43.3. The first-order valence-corrected chi connectivity index (χ1v) is 24.5. The monoisotopic (exact) mass is 850 g/mol. The summed E-state index contributed by atoms with van der Waals surface area (Å²) in [6, 6.07) is 17.6. The number of halogens is 1. The molecule has 16 heteroatoms. The second-order valence-electron chi connectivity index (χ2n) is 18.1. The second-order valence-corrected chi connectivity index (χ2v) is 23.2. The van der Waals surface area contributed by atoms with Crippen molar-refractivity contribution >= 4 is 58.8 Å². The fourth-order valence-corrected chi connectivity index (χ4v) is 11.9. The third-order valence-electron chi connectivity index (χ3n) is 12.3. The molecule has 5 heterocycles. The van der Waals surface area contributed by atoms with Gasteiger partial charge >= 0.3 is 6.09 Å². The number of alkyl halides is 1. The molecule has 8 rings (SSSR count). The molecule has 14 nitrogen and oxygen atoms in total. The molecule has 3 aromatic carbocycles. The number of nitrogens with zero attached hydrogens (tertiary/aromatic N) is 4. The number of amides is 3. The van der Waals surface area contributed by atoms with Gasteiger partial charge in [0.05, 0.1) is 50.2 Å². The fourth-order valence-electron chi connectivity index (χ4n) is 9.03. The number of aliphatic hydroxyl groups excluding tert-OH is 1. The average molecular weight is 851 g/mol. The number of carbonyl (C=O) groups excluding carboxylic acids is 3. The number of fused-ring (bicyclic) bond motifs is 4. The minimum Gasteiger partial charge on any atom is -0.456 e. The summed E-state index contributed by atoms with van der Waals surface area (Å²) in [6.45, 7) is 12.5. The number of alkyl carbamates (subject to hydrolysis) is 1. The lowest BCUT2D eigenvalue weighted by Gasteiger charge is -2.30. The fraction of sp³-hybridized carbons (Fsp3) is 0.444. The molecule has 2 fully saturated rings. The molecule has 61 heavy (non-hydrogen) atoms. The van der Waals surface area contributed by atoms with Crippen molar-refractivity contribution in [3.05, 3.63) is 72.4 Å². The number of methoxy groups -OCH3 is 1. The molecule has 2 aliphatic heterocycles. The lowest BCUT2D eigenvalue weighted by atomic mass is 10.0. The first kappa shape index (κ1) is 42.1. The molecule has 0 saturated carbocycles. The number of H-pyrrole nitrogens is 2.